The van der Waals surface area contributed by atoms with Crippen molar-refractivity contribution in [3.8, 4) is 11.4 Å². The summed E-state index contributed by atoms with van der Waals surface area (Å²) in [6, 6.07) is 14.3. The molecule has 1 aromatic heterocycles. The SMILES string of the molecule is CC(=O)Nc1cccc(NC(=O)Cn2nnc(-c3ccc(Br)cc3)n2)c1. The molecule has 2 amide bonds. The van der Waals surface area contributed by atoms with Crippen LogP contribution in [0.1, 0.15) is 6.92 Å². The molecule has 8 nitrogen and oxygen atoms in total. The molecule has 0 radical (unpaired) electrons. The predicted molar refractivity (Wildman–Crippen MR) is 100 cm³/mol. The van der Waals surface area contributed by atoms with Crippen molar-refractivity contribution in [1.29, 1.82) is 0 Å². The van der Waals surface area contributed by atoms with Crippen molar-refractivity contribution in [2.75, 3.05) is 10.6 Å². The lowest BCUT2D eigenvalue weighted by molar-refractivity contribution is -0.117. The maximum absolute atomic E-state index is 12.2. The smallest absolute Gasteiger partial charge is 0.248 e. The van der Waals surface area contributed by atoms with E-state index in [0.717, 1.165) is 10.0 Å². The van der Waals surface area contributed by atoms with E-state index in [1.165, 1.54) is 11.7 Å². The van der Waals surface area contributed by atoms with Gasteiger partial charge in [-0.1, -0.05) is 22.0 Å². The van der Waals surface area contributed by atoms with E-state index in [1.54, 1.807) is 24.3 Å². The van der Waals surface area contributed by atoms with E-state index in [9.17, 15) is 9.59 Å². The van der Waals surface area contributed by atoms with E-state index in [-0.39, 0.29) is 18.4 Å². The number of hydrogen-bond acceptors (Lipinski definition) is 5. The van der Waals surface area contributed by atoms with Crippen molar-refractivity contribution in [2.24, 2.45) is 0 Å². The van der Waals surface area contributed by atoms with Gasteiger partial charge in [0, 0.05) is 28.3 Å². The molecule has 3 rings (SSSR count). The Kier molecular flexibility index (Phi) is 5.37. The highest BCUT2D eigenvalue weighted by Gasteiger charge is 2.10. The van der Waals surface area contributed by atoms with E-state index >= 15 is 0 Å². The van der Waals surface area contributed by atoms with Crippen molar-refractivity contribution in [1.82, 2.24) is 20.2 Å². The van der Waals surface area contributed by atoms with Crippen LogP contribution in [0.25, 0.3) is 11.4 Å². The number of hydrogen-bond donors (Lipinski definition) is 2. The molecule has 132 valence electrons. The fourth-order valence-corrected chi connectivity index (χ4v) is 2.50. The maximum atomic E-state index is 12.2. The molecule has 0 atom stereocenters. The zero-order valence-corrected chi connectivity index (χ0v) is 15.4. The maximum Gasteiger partial charge on any atom is 0.248 e. The number of tetrazole rings is 1. The second-order valence-corrected chi connectivity index (χ2v) is 6.38. The molecule has 9 heteroatoms. The van der Waals surface area contributed by atoms with Gasteiger partial charge in [0.05, 0.1) is 0 Å². The Bertz CT molecular complexity index is 938. The lowest BCUT2D eigenvalue weighted by Crippen LogP contribution is -2.20. The summed E-state index contributed by atoms with van der Waals surface area (Å²) < 4.78 is 0.953. The minimum Gasteiger partial charge on any atom is -0.326 e. The molecular formula is C17H15BrN6O2. The van der Waals surface area contributed by atoms with Gasteiger partial charge in [0.25, 0.3) is 0 Å². The van der Waals surface area contributed by atoms with Gasteiger partial charge in [-0.05, 0) is 47.7 Å². The Hall–Kier alpha value is -3.07. The molecule has 2 aromatic carbocycles. The quantitative estimate of drug-likeness (QED) is 0.667. The molecule has 3 aromatic rings. The molecule has 26 heavy (non-hydrogen) atoms. The van der Waals surface area contributed by atoms with Gasteiger partial charge in [-0.15, -0.1) is 10.2 Å². The number of nitrogens with one attached hydrogen (secondary N) is 2. The Morgan fingerprint density at radius 1 is 1.08 bits per heavy atom. The summed E-state index contributed by atoms with van der Waals surface area (Å²) in [4.78, 5) is 24.5. The monoisotopic (exact) mass is 414 g/mol. The van der Waals surface area contributed by atoms with Gasteiger partial charge in [-0.25, -0.2) is 0 Å². The van der Waals surface area contributed by atoms with Crippen LogP contribution < -0.4 is 10.6 Å². The average molecular weight is 415 g/mol. The summed E-state index contributed by atoms with van der Waals surface area (Å²) in [7, 11) is 0. The molecule has 0 saturated carbocycles. The first-order valence-corrected chi connectivity index (χ1v) is 8.50. The number of rotatable bonds is 5. The van der Waals surface area contributed by atoms with Gasteiger partial charge in [0.2, 0.25) is 17.6 Å². The van der Waals surface area contributed by atoms with E-state index in [4.69, 9.17) is 0 Å². The highest BCUT2D eigenvalue weighted by Crippen LogP contribution is 2.18. The number of halogens is 1. The molecule has 0 bridgehead atoms. The van der Waals surface area contributed by atoms with Crippen LogP contribution in [-0.4, -0.2) is 32.0 Å². The summed E-state index contributed by atoms with van der Waals surface area (Å²) in [5, 5.41) is 17.5. The van der Waals surface area contributed by atoms with Crippen LogP contribution in [0.15, 0.2) is 53.0 Å². The molecule has 0 aliphatic rings. The van der Waals surface area contributed by atoms with Crippen LogP contribution in [-0.2, 0) is 16.1 Å². The van der Waals surface area contributed by atoms with E-state index in [1.807, 2.05) is 24.3 Å². The zero-order chi connectivity index (χ0) is 18.5. The number of carbonyl (C=O) groups excluding carboxylic acids is 2. The van der Waals surface area contributed by atoms with Crippen LogP contribution >= 0.6 is 15.9 Å². The van der Waals surface area contributed by atoms with Gasteiger partial charge < -0.3 is 10.6 Å². The number of benzene rings is 2. The third kappa shape index (κ3) is 4.73. The molecule has 0 saturated heterocycles. The van der Waals surface area contributed by atoms with Gasteiger partial charge in [0.15, 0.2) is 0 Å². The first kappa shape index (κ1) is 17.7. The summed E-state index contributed by atoms with van der Waals surface area (Å²) in [6.45, 7) is 1.35. The van der Waals surface area contributed by atoms with Crippen LogP contribution in [0.4, 0.5) is 11.4 Å². The predicted octanol–water partition coefficient (Wildman–Crippen LogP) is 2.70. The molecule has 0 aliphatic heterocycles. The first-order valence-electron chi connectivity index (χ1n) is 7.71. The van der Waals surface area contributed by atoms with E-state index in [0.29, 0.717) is 17.2 Å². The Morgan fingerprint density at radius 2 is 1.77 bits per heavy atom. The minimum atomic E-state index is -0.301. The number of nitrogens with zero attached hydrogens (tertiary/aromatic N) is 4. The molecule has 1 heterocycles. The van der Waals surface area contributed by atoms with Crippen molar-refractivity contribution in [2.45, 2.75) is 13.5 Å². The fraction of sp³-hybridized carbons (Fsp3) is 0.118. The van der Waals surface area contributed by atoms with Crippen molar-refractivity contribution in [3.63, 3.8) is 0 Å². The third-order valence-electron chi connectivity index (χ3n) is 3.31. The summed E-state index contributed by atoms with van der Waals surface area (Å²) >= 11 is 3.37. The molecule has 0 unspecified atom stereocenters. The van der Waals surface area contributed by atoms with Gasteiger partial charge in [0.1, 0.15) is 6.54 Å². The summed E-state index contributed by atoms with van der Waals surface area (Å²) in [5.74, 6) is -0.0385. The molecule has 0 aliphatic carbocycles. The highest BCUT2D eigenvalue weighted by molar-refractivity contribution is 9.10. The number of aromatic nitrogens is 4. The van der Waals surface area contributed by atoms with E-state index in [2.05, 4.69) is 42.0 Å². The zero-order valence-electron chi connectivity index (χ0n) is 13.8. The highest BCUT2D eigenvalue weighted by atomic mass is 79.9. The number of anilines is 2. The lowest BCUT2D eigenvalue weighted by atomic mass is 10.2. The second kappa shape index (κ2) is 7.87. The molecule has 0 spiro atoms. The van der Waals surface area contributed by atoms with E-state index < -0.39 is 0 Å². The van der Waals surface area contributed by atoms with Crippen LogP contribution in [0.2, 0.25) is 0 Å². The van der Waals surface area contributed by atoms with Gasteiger partial charge in [-0.2, -0.15) is 4.80 Å². The number of amides is 2. The van der Waals surface area contributed by atoms with Crippen molar-refractivity contribution < 1.29 is 9.59 Å². The Balaban J connectivity index is 1.64. The Labute approximate surface area is 157 Å². The Morgan fingerprint density at radius 3 is 2.46 bits per heavy atom. The van der Waals surface area contributed by atoms with Crippen molar-refractivity contribution in [3.05, 3.63) is 53.0 Å². The first-order chi connectivity index (χ1) is 12.5. The van der Waals surface area contributed by atoms with Gasteiger partial charge in [-0.3, -0.25) is 9.59 Å². The van der Waals surface area contributed by atoms with Crippen molar-refractivity contribution >= 4 is 39.1 Å². The molecular weight excluding hydrogens is 400 g/mol. The molecule has 2 N–H and O–H groups in total. The largest absolute Gasteiger partial charge is 0.326 e. The standard InChI is InChI=1S/C17H15BrN6O2/c1-11(25)19-14-3-2-4-15(9-14)20-16(26)10-24-22-17(21-23-24)12-5-7-13(18)8-6-12/h2-9H,10H2,1H3,(H,19,25)(H,20,26). The number of carbonyl (C=O) groups is 2. The molecule has 0 fully saturated rings. The normalized spacial score (nSPS) is 10.4. The summed E-state index contributed by atoms with van der Waals surface area (Å²) in [6.07, 6.45) is 0. The topological polar surface area (TPSA) is 102 Å². The lowest BCUT2D eigenvalue weighted by Gasteiger charge is -2.07. The van der Waals surface area contributed by atoms with Crippen LogP contribution in [0, 0.1) is 0 Å². The van der Waals surface area contributed by atoms with Crippen LogP contribution in [0.3, 0.4) is 0 Å². The van der Waals surface area contributed by atoms with Crippen LogP contribution in [0.5, 0.6) is 0 Å². The summed E-state index contributed by atoms with van der Waals surface area (Å²) in [5.41, 5.74) is 1.98. The fourth-order valence-electron chi connectivity index (χ4n) is 2.23. The minimum absolute atomic E-state index is 0.0755. The second-order valence-electron chi connectivity index (χ2n) is 5.46. The third-order valence-corrected chi connectivity index (χ3v) is 3.84. The van der Waals surface area contributed by atoms with Gasteiger partial charge >= 0.3 is 0 Å². The average Bonchev–Trinajstić information content (AvgIpc) is 3.03.